The van der Waals surface area contributed by atoms with Gasteiger partial charge < -0.3 is 14.8 Å². The van der Waals surface area contributed by atoms with Gasteiger partial charge in [0.15, 0.2) is 11.5 Å². The van der Waals surface area contributed by atoms with E-state index in [2.05, 4.69) is 5.32 Å². The summed E-state index contributed by atoms with van der Waals surface area (Å²) in [5.74, 6) is 0.333. The molecule has 7 nitrogen and oxygen atoms in total. The molecule has 28 heavy (non-hydrogen) atoms. The normalized spacial score (nSPS) is 12.7. The molecule has 0 bridgehead atoms. The van der Waals surface area contributed by atoms with E-state index in [1.54, 1.807) is 36.4 Å². The van der Waals surface area contributed by atoms with Crippen molar-refractivity contribution in [2.24, 2.45) is 0 Å². The molecular weight excluding hydrogens is 427 g/mol. The molecule has 1 aliphatic rings. The van der Waals surface area contributed by atoms with Crippen LogP contribution in [0.5, 0.6) is 11.5 Å². The quantitative estimate of drug-likeness (QED) is 0.708. The molecule has 150 valence electrons. The van der Waals surface area contributed by atoms with Gasteiger partial charge in [0.1, 0.15) is 6.54 Å². The molecular formula is C18H18Cl2N2O5S. The number of rotatable bonds is 7. The van der Waals surface area contributed by atoms with Crippen LogP contribution in [-0.2, 0) is 21.4 Å². The minimum absolute atomic E-state index is 0.0711. The first kappa shape index (κ1) is 20.6. The average Bonchev–Trinajstić information content (AvgIpc) is 3.13. The van der Waals surface area contributed by atoms with Crippen molar-refractivity contribution in [3.63, 3.8) is 0 Å². The van der Waals surface area contributed by atoms with Gasteiger partial charge in [0.25, 0.3) is 0 Å². The fraction of sp³-hybridized carbons (Fsp3) is 0.278. The van der Waals surface area contributed by atoms with Crippen molar-refractivity contribution in [2.45, 2.75) is 13.5 Å². The maximum atomic E-state index is 12.5. The van der Waals surface area contributed by atoms with Crippen LogP contribution in [0.25, 0.3) is 0 Å². The van der Waals surface area contributed by atoms with Crippen molar-refractivity contribution in [1.29, 1.82) is 0 Å². The lowest BCUT2D eigenvalue weighted by molar-refractivity contribution is -0.119. The topological polar surface area (TPSA) is 84.9 Å². The first-order valence-corrected chi connectivity index (χ1v) is 10.8. The Hall–Kier alpha value is -2.16. The molecule has 0 saturated carbocycles. The number of hydrogen-bond donors (Lipinski definition) is 1. The number of anilines is 1. The van der Waals surface area contributed by atoms with Crippen molar-refractivity contribution < 1.29 is 22.7 Å². The Morgan fingerprint density at radius 1 is 1.14 bits per heavy atom. The van der Waals surface area contributed by atoms with E-state index in [1.165, 1.54) is 6.92 Å². The second-order valence-corrected chi connectivity index (χ2v) is 8.98. The number of fused-ring (bicyclic) bond motifs is 1. The number of amides is 1. The number of nitrogens with zero attached hydrogens (tertiary/aromatic N) is 1. The van der Waals surface area contributed by atoms with Gasteiger partial charge in [-0.15, -0.1) is 0 Å². The fourth-order valence-electron chi connectivity index (χ4n) is 2.59. The Morgan fingerprint density at radius 2 is 1.89 bits per heavy atom. The molecule has 10 heteroatoms. The first-order chi connectivity index (χ1) is 13.3. The molecule has 0 unspecified atom stereocenters. The van der Waals surface area contributed by atoms with Gasteiger partial charge in [-0.3, -0.25) is 9.10 Å². The van der Waals surface area contributed by atoms with Gasteiger partial charge in [0, 0.05) is 22.7 Å². The van der Waals surface area contributed by atoms with Crippen molar-refractivity contribution >= 4 is 44.8 Å². The standard InChI is InChI=1S/C18H18Cl2N2O5S/c1-2-28(24,25)22(14-5-6-16-17(8-14)27-11-26-16)10-18(23)21-9-12-3-4-13(19)7-15(12)20/h3-8H,2,9-11H2,1H3,(H,21,23). The second kappa shape index (κ2) is 8.46. The number of halogens is 2. The summed E-state index contributed by atoms with van der Waals surface area (Å²) in [4.78, 5) is 12.4. The van der Waals surface area contributed by atoms with Gasteiger partial charge in [-0.05, 0) is 36.8 Å². The van der Waals surface area contributed by atoms with Crippen LogP contribution in [0.2, 0.25) is 10.0 Å². The molecule has 2 aromatic carbocycles. The van der Waals surface area contributed by atoms with Crippen molar-refractivity contribution in [3.8, 4) is 11.5 Å². The molecule has 1 aliphatic heterocycles. The lowest BCUT2D eigenvalue weighted by atomic mass is 10.2. The number of hydrogen-bond acceptors (Lipinski definition) is 5. The zero-order valence-corrected chi connectivity index (χ0v) is 17.3. The Bertz CT molecular complexity index is 997. The van der Waals surface area contributed by atoms with Gasteiger partial charge in [-0.1, -0.05) is 29.3 Å². The highest BCUT2D eigenvalue weighted by atomic mass is 35.5. The van der Waals surface area contributed by atoms with Gasteiger partial charge in [-0.2, -0.15) is 0 Å². The number of ether oxygens (including phenoxy) is 2. The Labute approximate surface area is 173 Å². The highest BCUT2D eigenvalue weighted by Gasteiger charge is 2.25. The van der Waals surface area contributed by atoms with Crippen molar-refractivity contribution in [2.75, 3.05) is 23.4 Å². The van der Waals surface area contributed by atoms with Crippen molar-refractivity contribution in [1.82, 2.24) is 5.32 Å². The van der Waals surface area contributed by atoms with E-state index >= 15 is 0 Å². The number of sulfonamides is 1. The summed E-state index contributed by atoms with van der Waals surface area (Å²) in [6, 6.07) is 9.66. The highest BCUT2D eigenvalue weighted by molar-refractivity contribution is 7.92. The summed E-state index contributed by atoms with van der Waals surface area (Å²) in [5, 5.41) is 3.59. The van der Waals surface area contributed by atoms with Crippen LogP contribution in [0.15, 0.2) is 36.4 Å². The van der Waals surface area contributed by atoms with Crippen LogP contribution < -0.4 is 19.1 Å². The molecule has 1 amide bonds. The molecule has 2 aromatic rings. The number of benzene rings is 2. The maximum absolute atomic E-state index is 12.5. The molecule has 0 atom stereocenters. The SMILES string of the molecule is CCS(=O)(=O)N(CC(=O)NCc1ccc(Cl)cc1Cl)c1ccc2c(c1)OCO2. The fourth-order valence-corrected chi connectivity index (χ4v) is 4.13. The summed E-state index contributed by atoms with van der Waals surface area (Å²) in [7, 11) is -3.69. The zero-order valence-electron chi connectivity index (χ0n) is 14.9. The lowest BCUT2D eigenvalue weighted by Crippen LogP contribution is -2.41. The predicted molar refractivity (Wildman–Crippen MR) is 108 cm³/mol. The second-order valence-electron chi connectivity index (χ2n) is 5.96. The molecule has 1 heterocycles. The molecule has 0 saturated heterocycles. The van der Waals surface area contributed by atoms with Gasteiger partial charge in [0.05, 0.1) is 11.4 Å². The predicted octanol–water partition coefficient (Wildman–Crippen LogP) is 3.19. The molecule has 3 rings (SSSR count). The third-order valence-electron chi connectivity index (χ3n) is 4.12. The summed E-state index contributed by atoms with van der Waals surface area (Å²) in [5.41, 5.74) is 0.998. The minimum Gasteiger partial charge on any atom is -0.454 e. The van der Waals surface area contributed by atoms with E-state index in [4.69, 9.17) is 32.7 Å². The van der Waals surface area contributed by atoms with Gasteiger partial charge in [-0.25, -0.2) is 8.42 Å². The Morgan fingerprint density at radius 3 is 2.61 bits per heavy atom. The van der Waals surface area contributed by atoms with Crippen LogP contribution in [0.4, 0.5) is 5.69 Å². The van der Waals surface area contributed by atoms with Crippen LogP contribution >= 0.6 is 23.2 Å². The van der Waals surface area contributed by atoms with Gasteiger partial charge >= 0.3 is 0 Å². The average molecular weight is 445 g/mol. The van der Waals surface area contributed by atoms with E-state index in [9.17, 15) is 13.2 Å². The number of nitrogens with one attached hydrogen (secondary N) is 1. The van der Waals surface area contributed by atoms with E-state index in [0.717, 1.165) is 4.31 Å². The van der Waals surface area contributed by atoms with E-state index in [1.807, 2.05) is 0 Å². The van der Waals surface area contributed by atoms with Crippen molar-refractivity contribution in [3.05, 3.63) is 52.0 Å². The van der Waals surface area contributed by atoms with E-state index in [-0.39, 0.29) is 25.6 Å². The molecule has 0 fully saturated rings. The smallest absolute Gasteiger partial charge is 0.241 e. The summed E-state index contributed by atoms with van der Waals surface area (Å²) in [6.07, 6.45) is 0. The van der Waals surface area contributed by atoms with E-state index in [0.29, 0.717) is 32.8 Å². The third-order valence-corrected chi connectivity index (χ3v) is 6.45. The van der Waals surface area contributed by atoms with Gasteiger partial charge in [0.2, 0.25) is 22.7 Å². The Kier molecular flexibility index (Phi) is 6.22. The largest absolute Gasteiger partial charge is 0.454 e. The number of carbonyl (C=O) groups is 1. The van der Waals surface area contributed by atoms with E-state index < -0.39 is 15.9 Å². The minimum atomic E-state index is -3.69. The summed E-state index contributed by atoms with van der Waals surface area (Å²) >= 11 is 12.0. The molecule has 1 N–H and O–H groups in total. The zero-order chi connectivity index (χ0) is 20.3. The van der Waals surface area contributed by atoms with Crippen LogP contribution in [0, 0.1) is 0 Å². The Balaban J connectivity index is 1.75. The third kappa shape index (κ3) is 4.63. The molecule has 0 aromatic heterocycles. The molecule has 0 spiro atoms. The number of carbonyl (C=O) groups excluding carboxylic acids is 1. The molecule has 0 aliphatic carbocycles. The lowest BCUT2D eigenvalue weighted by Gasteiger charge is -2.23. The van der Waals surface area contributed by atoms with Crippen LogP contribution in [0.3, 0.4) is 0 Å². The van der Waals surface area contributed by atoms with Crippen LogP contribution in [-0.4, -0.2) is 33.4 Å². The highest BCUT2D eigenvalue weighted by Crippen LogP contribution is 2.36. The monoisotopic (exact) mass is 444 g/mol. The maximum Gasteiger partial charge on any atom is 0.241 e. The molecule has 0 radical (unpaired) electrons. The first-order valence-electron chi connectivity index (χ1n) is 8.41. The summed E-state index contributed by atoms with van der Waals surface area (Å²) < 4.78 is 36.7. The van der Waals surface area contributed by atoms with Crippen LogP contribution in [0.1, 0.15) is 12.5 Å². The summed E-state index contributed by atoms with van der Waals surface area (Å²) in [6.45, 7) is 1.36.